The third-order valence-corrected chi connectivity index (χ3v) is 4.86. The molecule has 0 aliphatic carbocycles. The molecule has 0 fully saturated rings. The number of hydrogen-bond donors (Lipinski definition) is 2. The second-order valence-electron chi connectivity index (χ2n) is 7.03. The number of nitrogens with two attached hydrogens (primary N) is 1. The topological polar surface area (TPSA) is 83.6 Å². The number of rotatable bonds is 8. The average molecular weight is 388 g/mol. The minimum Gasteiger partial charge on any atom is -0.480 e. The van der Waals surface area contributed by atoms with Gasteiger partial charge < -0.3 is 10.8 Å². The smallest absolute Gasteiger partial charge is 0.317 e. The number of aryl methyl sites for hydroxylation is 1. The van der Waals surface area contributed by atoms with Gasteiger partial charge in [0.1, 0.15) is 6.04 Å². The quantitative estimate of drug-likeness (QED) is 0.615. The highest BCUT2D eigenvalue weighted by atomic mass is 16.4. The molecule has 1 unspecified atom stereocenters. The van der Waals surface area contributed by atoms with Crippen LogP contribution in [0.25, 0.3) is 11.1 Å². The molecule has 5 nitrogen and oxygen atoms in total. The number of hydrogen-bond acceptors (Lipinski definition) is 3. The zero-order valence-electron chi connectivity index (χ0n) is 16.3. The lowest BCUT2D eigenvalue weighted by Gasteiger charge is -2.29. The first-order chi connectivity index (χ1) is 14.0. The van der Waals surface area contributed by atoms with Gasteiger partial charge in [-0.3, -0.25) is 14.5 Å². The van der Waals surface area contributed by atoms with E-state index in [0.29, 0.717) is 12.1 Å². The molecule has 0 aromatic heterocycles. The van der Waals surface area contributed by atoms with Gasteiger partial charge in [-0.05, 0) is 40.8 Å². The van der Waals surface area contributed by atoms with Crippen molar-refractivity contribution in [3.05, 3.63) is 95.6 Å². The molecule has 0 aliphatic rings. The fourth-order valence-electron chi connectivity index (χ4n) is 3.52. The van der Waals surface area contributed by atoms with Crippen molar-refractivity contribution in [1.82, 2.24) is 4.90 Å². The maximum absolute atomic E-state index is 12.4. The fraction of sp³-hybridized carbons (Fsp3) is 0.167. The first-order valence-electron chi connectivity index (χ1n) is 9.41. The van der Waals surface area contributed by atoms with Gasteiger partial charge in [-0.2, -0.15) is 0 Å². The van der Waals surface area contributed by atoms with Crippen LogP contribution in [0, 0.1) is 6.92 Å². The molecule has 0 radical (unpaired) electrons. The predicted molar refractivity (Wildman–Crippen MR) is 113 cm³/mol. The van der Waals surface area contributed by atoms with E-state index in [2.05, 4.69) is 0 Å². The standard InChI is InChI=1S/C24H24N2O3/c1-17-12-13-20(14-21(17)19-10-6-3-7-11-19)23(24(25)29)26(16-22(27)28)15-18-8-4-2-5-9-18/h2-14,23H,15-16H2,1H3,(H2,25,29)(H,27,28). The van der Waals surface area contributed by atoms with Crippen molar-refractivity contribution in [1.29, 1.82) is 0 Å². The predicted octanol–water partition coefficient (Wildman–Crippen LogP) is 3.78. The fourth-order valence-corrected chi connectivity index (χ4v) is 3.52. The zero-order chi connectivity index (χ0) is 20.8. The number of benzene rings is 3. The number of primary amides is 1. The molecule has 5 heteroatoms. The van der Waals surface area contributed by atoms with Crippen molar-refractivity contribution in [3.63, 3.8) is 0 Å². The molecule has 0 bridgehead atoms. The molecular weight excluding hydrogens is 364 g/mol. The van der Waals surface area contributed by atoms with Crippen LogP contribution in [0.3, 0.4) is 0 Å². The minimum absolute atomic E-state index is 0.295. The molecule has 0 aliphatic heterocycles. The van der Waals surface area contributed by atoms with Crippen LogP contribution >= 0.6 is 0 Å². The molecule has 1 amide bonds. The van der Waals surface area contributed by atoms with Crippen molar-refractivity contribution < 1.29 is 14.7 Å². The molecule has 0 heterocycles. The summed E-state index contributed by atoms with van der Waals surface area (Å²) >= 11 is 0. The summed E-state index contributed by atoms with van der Waals surface area (Å²) in [6.07, 6.45) is 0. The van der Waals surface area contributed by atoms with E-state index in [1.165, 1.54) is 0 Å². The minimum atomic E-state index is -1.01. The number of carboxylic acid groups (broad SMARTS) is 1. The van der Waals surface area contributed by atoms with Crippen molar-refractivity contribution in [3.8, 4) is 11.1 Å². The van der Waals surface area contributed by atoms with E-state index in [9.17, 15) is 14.7 Å². The van der Waals surface area contributed by atoms with Crippen molar-refractivity contribution >= 4 is 11.9 Å². The Morgan fingerprint density at radius 2 is 1.59 bits per heavy atom. The summed E-state index contributed by atoms with van der Waals surface area (Å²) in [6.45, 7) is 2.01. The van der Waals surface area contributed by atoms with Crippen LogP contribution < -0.4 is 5.73 Å². The number of carbonyl (C=O) groups excluding carboxylic acids is 1. The Bertz CT molecular complexity index is 988. The summed E-state index contributed by atoms with van der Waals surface area (Å²) in [7, 11) is 0. The van der Waals surface area contributed by atoms with Gasteiger partial charge in [0.25, 0.3) is 0 Å². The van der Waals surface area contributed by atoms with Crippen LogP contribution in [-0.4, -0.2) is 28.4 Å². The van der Waals surface area contributed by atoms with Gasteiger partial charge in [-0.25, -0.2) is 0 Å². The number of aliphatic carboxylic acids is 1. The van der Waals surface area contributed by atoms with Gasteiger partial charge in [-0.1, -0.05) is 72.8 Å². The molecule has 148 valence electrons. The Hall–Kier alpha value is -3.44. The van der Waals surface area contributed by atoms with Crippen molar-refractivity contribution in [2.45, 2.75) is 19.5 Å². The molecular formula is C24H24N2O3. The molecule has 3 rings (SSSR count). The molecule has 1 atom stereocenters. The van der Waals surface area contributed by atoms with Gasteiger partial charge in [0.2, 0.25) is 5.91 Å². The van der Waals surface area contributed by atoms with E-state index < -0.39 is 17.9 Å². The summed E-state index contributed by atoms with van der Waals surface area (Å²) in [5.74, 6) is -1.59. The molecule has 0 spiro atoms. The van der Waals surface area contributed by atoms with E-state index in [1.54, 1.807) is 4.90 Å². The summed E-state index contributed by atoms with van der Waals surface area (Å²) in [5, 5.41) is 9.42. The van der Waals surface area contributed by atoms with Crippen molar-refractivity contribution in [2.24, 2.45) is 5.73 Å². The highest BCUT2D eigenvalue weighted by Crippen LogP contribution is 2.30. The average Bonchev–Trinajstić information content (AvgIpc) is 2.70. The monoisotopic (exact) mass is 388 g/mol. The Labute approximate surface area is 170 Å². The van der Waals surface area contributed by atoms with Crippen molar-refractivity contribution in [2.75, 3.05) is 6.54 Å². The van der Waals surface area contributed by atoms with Crippen LogP contribution in [0.5, 0.6) is 0 Å². The lowest BCUT2D eigenvalue weighted by atomic mass is 9.94. The highest BCUT2D eigenvalue weighted by Gasteiger charge is 2.28. The highest BCUT2D eigenvalue weighted by molar-refractivity contribution is 5.83. The number of nitrogens with zero attached hydrogens (tertiary/aromatic N) is 1. The van der Waals surface area contributed by atoms with E-state index >= 15 is 0 Å². The number of carboxylic acids is 1. The second-order valence-corrected chi connectivity index (χ2v) is 7.03. The number of amides is 1. The van der Waals surface area contributed by atoms with Gasteiger partial charge in [-0.15, -0.1) is 0 Å². The Morgan fingerprint density at radius 3 is 2.17 bits per heavy atom. The molecule has 3 N–H and O–H groups in total. The zero-order valence-corrected chi connectivity index (χ0v) is 16.3. The van der Waals surface area contributed by atoms with E-state index in [4.69, 9.17) is 5.73 Å². The van der Waals surface area contributed by atoms with Gasteiger partial charge in [0.05, 0.1) is 6.54 Å². The normalized spacial score (nSPS) is 11.9. The third kappa shape index (κ3) is 5.09. The van der Waals surface area contributed by atoms with Crippen LogP contribution in [-0.2, 0) is 16.1 Å². The summed E-state index contributed by atoms with van der Waals surface area (Å²) in [5.41, 5.74) is 10.4. The van der Waals surface area contributed by atoms with E-state index in [-0.39, 0.29) is 6.54 Å². The van der Waals surface area contributed by atoms with Crippen LogP contribution in [0.2, 0.25) is 0 Å². The maximum atomic E-state index is 12.4. The first-order valence-corrected chi connectivity index (χ1v) is 9.41. The molecule has 29 heavy (non-hydrogen) atoms. The summed E-state index contributed by atoms with van der Waals surface area (Å²) in [4.78, 5) is 25.5. The molecule has 3 aromatic rings. The third-order valence-electron chi connectivity index (χ3n) is 4.86. The Morgan fingerprint density at radius 1 is 0.966 bits per heavy atom. The summed E-state index contributed by atoms with van der Waals surface area (Å²) in [6, 6.07) is 24.2. The summed E-state index contributed by atoms with van der Waals surface area (Å²) < 4.78 is 0. The SMILES string of the molecule is Cc1ccc(C(C(N)=O)N(CC(=O)O)Cc2ccccc2)cc1-c1ccccc1. The second kappa shape index (κ2) is 9.17. The van der Waals surface area contributed by atoms with Crippen LogP contribution in [0.15, 0.2) is 78.9 Å². The van der Waals surface area contributed by atoms with Crippen LogP contribution in [0.4, 0.5) is 0 Å². The van der Waals surface area contributed by atoms with E-state index in [0.717, 1.165) is 22.3 Å². The van der Waals surface area contributed by atoms with Gasteiger partial charge >= 0.3 is 5.97 Å². The first kappa shape index (κ1) is 20.3. The van der Waals surface area contributed by atoms with Crippen LogP contribution in [0.1, 0.15) is 22.7 Å². The number of carbonyl (C=O) groups is 2. The molecule has 3 aromatic carbocycles. The molecule has 0 saturated carbocycles. The molecule has 0 saturated heterocycles. The Balaban J connectivity index is 2.03. The lowest BCUT2D eigenvalue weighted by molar-refractivity contribution is -0.140. The lowest BCUT2D eigenvalue weighted by Crippen LogP contribution is -2.40. The van der Waals surface area contributed by atoms with Gasteiger partial charge in [0.15, 0.2) is 0 Å². The Kier molecular flexibility index (Phi) is 6.42. The maximum Gasteiger partial charge on any atom is 0.317 e. The largest absolute Gasteiger partial charge is 0.480 e. The van der Waals surface area contributed by atoms with E-state index in [1.807, 2.05) is 85.8 Å². The van der Waals surface area contributed by atoms with Gasteiger partial charge in [0, 0.05) is 6.54 Å².